The van der Waals surface area contributed by atoms with Gasteiger partial charge in [-0.2, -0.15) is 0 Å². The van der Waals surface area contributed by atoms with E-state index in [0.717, 1.165) is 16.8 Å². The lowest BCUT2D eigenvalue weighted by molar-refractivity contribution is -0.117. The fourth-order valence-electron chi connectivity index (χ4n) is 2.02. The second-order valence-corrected chi connectivity index (χ2v) is 4.59. The van der Waals surface area contributed by atoms with E-state index in [1.54, 1.807) is 0 Å². The van der Waals surface area contributed by atoms with Crippen molar-refractivity contribution in [2.24, 2.45) is 0 Å². The number of aryl methyl sites for hydroxylation is 1. The molecule has 1 aromatic carbocycles. The third-order valence-corrected chi connectivity index (χ3v) is 3.29. The Balaban J connectivity index is 0.00000162. The van der Waals surface area contributed by atoms with E-state index in [-0.39, 0.29) is 24.4 Å². The van der Waals surface area contributed by atoms with E-state index in [1.165, 1.54) is 0 Å². The average Bonchev–Trinajstić information content (AvgIpc) is 2.72. The van der Waals surface area contributed by atoms with Crippen molar-refractivity contribution in [3.63, 3.8) is 0 Å². The van der Waals surface area contributed by atoms with Crippen molar-refractivity contribution < 1.29 is 9.90 Å². The van der Waals surface area contributed by atoms with E-state index in [4.69, 9.17) is 0 Å². The number of nitrogens with one attached hydrogen (secondary N) is 2. The highest BCUT2D eigenvalue weighted by Crippen LogP contribution is 2.19. The van der Waals surface area contributed by atoms with Gasteiger partial charge >= 0.3 is 0 Å². The van der Waals surface area contributed by atoms with Gasteiger partial charge in [0.2, 0.25) is 5.91 Å². The van der Waals surface area contributed by atoms with Crippen LogP contribution in [0.4, 0.5) is 5.69 Å². The highest BCUT2D eigenvalue weighted by molar-refractivity contribution is 5.95. The predicted molar refractivity (Wildman–Crippen MR) is 74.2 cm³/mol. The molecule has 5 heteroatoms. The minimum Gasteiger partial charge on any atom is -0.392 e. The molecule has 2 rings (SSSR count). The van der Waals surface area contributed by atoms with E-state index in [2.05, 4.69) is 10.6 Å². The summed E-state index contributed by atoms with van der Waals surface area (Å²) >= 11 is 0. The van der Waals surface area contributed by atoms with Crippen LogP contribution in [0.2, 0.25) is 0 Å². The van der Waals surface area contributed by atoms with Gasteiger partial charge in [0.25, 0.3) is 0 Å². The molecule has 0 aliphatic carbocycles. The Morgan fingerprint density at radius 1 is 1.44 bits per heavy atom. The van der Waals surface area contributed by atoms with Gasteiger partial charge in [0, 0.05) is 12.2 Å². The first-order chi connectivity index (χ1) is 8.08. The van der Waals surface area contributed by atoms with Crippen molar-refractivity contribution in [3.8, 4) is 0 Å². The molecular weight excluding hydrogens is 252 g/mol. The third kappa shape index (κ3) is 3.22. The number of hydrogen-bond acceptors (Lipinski definition) is 3. The van der Waals surface area contributed by atoms with Crippen molar-refractivity contribution in [2.45, 2.75) is 32.4 Å². The Bertz CT molecular complexity index is 437. The van der Waals surface area contributed by atoms with Crippen molar-refractivity contribution in [1.29, 1.82) is 0 Å². The molecule has 1 saturated heterocycles. The van der Waals surface area contributed by atoms with Gasteiger partial charge in [-0.1, -0.05) is 12.1 Å². The number of anilines is 1. The maximum absolute atomic E-state index is 11.9. The Hall–Kier alpha value is -1.10. The molecule has 18 heavy (non-hydrogen) atoms. The van der Waals surface area contributed by atoms with Crippen LogP contribution in [0.25, 0.3) is 0 Å². The number of benzene rings is 1. The summed E-state index contributed by atoms with van der Waals surface area (Å²) in [7, 11) is 0. The highest BCUT2D eigenvalue weighted by Gasteiger charge is 2.28. The van der Waals surface area contributed by atoms with Crippen LogP contribution in [0.5, 0.6) is 0 Å². The highest BCUT2D eigenvalue weighted by atomic mass is 35.5. The molecule has 1 aliphatic heterocycles. The fourth-order valence-corrected chi connectivity index (χ4v) is 2.02. The predicted octanol–water partition coefficient (Wildman–Crippen LogP) is 1.39. The number of hydrogen-bond donors (Lipinski definition) is 3. The summed E-state index contributed by atoms with van der Waals surface area (Å²) in [5.74, 6) is -0.0738. The van der Waals surface area contributed by atoms with Gasteiger partial charge in [-0.15, -0.1) is 12.4 Å². The lowest BCUT2D eigenvalue weighted by atomic mass is 10.1. The van der Waals surface area contributed by atoms with Crippen LogP contribution < -0.4 is 10.6 Å². The van der Waals surface area contributed by atoms with E-state index in [9.17, 15) is 9.90 Å². The quantitative estimate of drug-likeness (QED) is 0.761. The van der Waals surface area contributed by atoms with Crippen LogP contribution in [0.1, 0.15) is 17.5 Å². The van der Waals surface area contributed by atoms with Gasteiger partial charge in [0.1, 0.15) is 0 Å². The van der Waals surface area contributed by atoms with Crippen LogP contribution in [-0.2, 0) is 4.79 Å². The molecule has 100 valence electrons. The normalized spacial score (nSPS) is 22.4. The van der Waals surface area contributed by atoms with Gasteiger partial charge in [-0.25, -0.2) is 0 Å². The Labute approximate surface area is 113 Å². The SMILES string of the molecule is Cc1cccc(NC(=O)C2CC(O)CN2)c1C.Cl. The van der Waals surface area contributed by atoms with Crippen LogP contribution in [0, 0.1) is 13.8 Å². The molecule has 1 heterocycles. The lowest BCUT2D eigenvalue weighted by Gasteiger charge is -2.13. The van der Waals surface area contributed by atoms with E-state index in [1.807, 2.05) is 32.0 Å². The summed E-state index contributed by atoms with van der Waals surface area (Å²) in [5, 5.41) is 15.3. The monoisotopic (exact) mass is 270 g/mol. The summed E-state index contributed by atoms with van der Waals surface area (Å²) in [5.41, 5.74) is 3.08. The van der Waals surface area contributed by atoms with Gasteiger partial charge < -0.3 is 15.7 Å². The number of halogens is 1. The minimum atomic E-state index is -0.413. The summed E-state index contributed by atoms with van der Waals surface area (Å²) < 4.78 is 0. The molecule has 0 aromatic heterocycles. The van der Waals surface area contributed by atoms with E-state index < -0.39 is 6.10 Å². The zero-order chi connectivity index (χ0) is 12.4. The number of rotatable bonds is 2. The average molecular weight is 271 g/mol. The summed E-state index contributed by atoms with van der Waals surface area (Å²) in [6.45, 7) is 4.50. The Kier molecular flexibility index (Phi) is 5.14. The molecule has 3 N–H and O–H groups in total. The number of amides is 1. The molecule has 2 atom stereocenters. The molecule has 1 aliphatic rings. The Morgan fingerprint density at radius 2 is 2.17 bits per heavy atom. The molecule has 4 nitrogen and oxygen atoms in total. The maximum atomic E-state index is 11.9. The molecule has 2 unspecified atom stereocenters. The first-order valence-corrected chi connectivity index (χ1v) is 5.86. The molecule has 1 amide bonds. The van der Waals surface area contributed by atoms with Crippen LogP contribution in [0.15, 0.2) is 18.2 Å². The first-order valence-electron chi connectivity index (χ1n) is 5.86. The zero-order valence-corrected chi connectivity index (χ0v) is 11.4. The molecule has 0 radical (unpaired) electrons. The molecule has 0 spiro atoms. The van der Waals surface area contributed by atoms with E-state index in [0.29, 0.717) is 13.0 Å². The van der Waals surface area contributed by atoms with Gasteiger partial charge in [-0.3, -0.25) is 4.79 Å². The van der Waals surface area contributed by atoms with Crippen molar-refractivity contribution in [2.75, 3.05) is 11.9 Å². The van der Waals surface area contributed by atoms with E-state index >= 15 is 0 Å². The van der Waals surface area contributed by atoms with Crippen molar-refractivity contribution >= 4 is 24.0 Å². The molecule has 0 saturated carbocycles. The number of aliphatic hydroxyl groups excluding tert-OH is 1. The van der Waals surface area contributed by atoms with Crippen LogP contribution in [-0.4, -0.2) is 29.7 Å². The maximum Gasteiger partial charge on any atom is 0.241 e. The van der Waals surface area contributed by atoms with Gasteiger partial charge in [-0.05, 0) is 37.5 Å². The molecule has 1 aromatic rings. The molecule has 1 fully saturated rings. The second-order valence-electron chi connectivity index (χ2n) is 4.59. The molecule has 0 bridgehead atoms. The minimum absolute atomic E-state index is 0. The van der Waals surface area contributed by atoms with Crippen LogP contribution in [0.3, 0.4) is 0 Å². The van der Waals surface area contributed by atoms with Gasteiger partial charge in [0.05, 0.1) is 12.1 Å². The second kappa shape index (κ2) is 6.18. The number of carbonyl (C=O) groups excluding carboxylic acids is 1. The zero-order valence-electron chi connectivity index (χ0n) is 10.6. The van der Waals surface area contributed by atoms with Crippen molar-refractivity contribution in [1.82, 2.24) is 5.32 Å². The lowest BCUT2D eigenvalue weighted by Crippen LogP contribution is -2.35. The number of β-amino-alcohol motifs (C(OH)–C–C–N with tert-alkyl or cyclic N) is 1. The number of aliphatic hydroxyl groups is 1. The first kappa shape index (κ1) is 15.0. The van der Waals surface area contributed by atoms with Crippen molar-refractivity contribution in [3.05, 3.63) is 29.3 Å². The summed E-state index contributed by atoms with van der Waals surface area (Å²) in [4.78, 5) is 11.9. The molecular formula is C13H19ClN2O2. The number of carbonyl (C=O) groups is 1. The summed E-state index contributed by atoms with van der Waals surface area (Å²) in [6, 6.07) is 5.55. The third-order valence-electron chi connectivity index (χ3n) is 3.29. The topological polar surface area (TPSA) is 61.4 Å². The standard InChI is InChI=1S/C13H18N2O2.ClH/c1-8-4-3-5-11(9(8)2)15-13(17)12-6-10(16)7-14-12;/h3-5,10,12,14,16H,6-7H2,1-2H3,(H,15,17);1H. The fraction of sp³-hybridized carbons (Fsp3) is 0.462. The summed E-state index contributed by atoms with van der Waals surface area (Å²) in [6.07, 6.45) is 0.0702. The van der Waals surface area contributed by atoms with Gasteiger partial charge in [0.15, 0.2) is 0 Å². The smallest absolute Gasteiger partial charge is 0.241 e. The largest absolute Gasteiger partial charge is 0.392 e. The van der Waals surface area contributed by atoms with Crippen LogP contribution >= 0.6 is 12.4 Å². The Morgan fingerprint density at radius 3 is 2.78 bits per heavy atom.